The number of hydrogen-bond donors (Lipinski definition) is 0. The summed E-state index contributed by atoms with van der Waals surface area (Å²) in [6.07, 6.45) is -7.88. The molecule has 2 aromatic carbocycles. The fraction of sp³-hybridized carbons (Fsp3) is 0.500. The van der Waals surface area contributed by atoms with Crippen LogP contribution >= 0.6 is 7.14 Å². The molecule has 0 radical (unpaired) electrons. The van der Waals surface area contributed by atoms with E-state index >= 15 is 4.57 Å². The molecule has 1 fully saturated rings. The van der Waals surface area contributed by atoms with Gasteiger partial charge in [0.1, 0.15) is 12.7 Å². The molecule has 272 valence electrons. The van der Waals surface area contributed by atoms with Crippen molar-refractivity contribution in [3.8, 4) is 0 Å². The van der Waals surface area contributed by atoms with Crippen LogP contribution in [0.1, 0.15) is 81.8 Å². The number of carbonyl (C=O) groups is 6. The molecule has 2 aromatic rings. The first-order valence-electron chi connectivity index (χ1n) is 16.0. The topological polar surface area (TPSA) is 175 Å². The summed E-state index contributed by atoms with van der Waals surface area (Å²) in [4.78, 5) is 76.8. The lowest BCUT2D eigenvalue weighted by Crippen LogP contribution is -2.63. The Labute approximate surface area is 291 Å². The third kappa shape index (κ3) is 9.53. The van der Waals surface area contributed by atoms with Crippen molar-refractivity contribution >= 4 is 42.1 Å². The number of esters is 4. The highest BCUT2D eigenvalue weighted by molar-refractivity contribution is 7.95. The fourth-order valence-corrected chi connectivity index (χ4v) is 8.69. The zero-order valence-corrected chi connectivity index (χ0v) is 31.0. The molecule has 0 aliphatic carbocycles. The van der Waals surface area contributed by atoms with E-state index in [1.165, 1.54) is 0 Å². The molecule has 0 N–H and O–H groups in total. The number of rotatable bonds is 13. The Balaban J connectivity index is 2.09. The highest BCUT2D eigenvalue weighted by Gasteiger charge is 2.53. The molecule has 1 aliphatic rings. The molecule has 0 unspecified atom stereocenters. The number of hydrogen-bond acceptors (Lipinski definition) is 13. The third-order valence-corrected chi connectivity index (χ3v) is 10.6. The van der Waals surface area contributed by atoms with Gasteiger partial charge < -0.3 is 33.0 Å². The van der Waals surface area contributed by atoms with Crippen LogP contribution in [0.25, 0.3) is 0 Å². The van der Waals surface area contributed by atoms with Gasteiger partial charge in [-0.05, 0) is 63.8 Å². The van der Waals surface area contributed by atoms with Crippen molar-refractivity contribution in [2.75, 3.05) is 19.4 Å². The van der Waals surface area contributed by atoms with Crippen molar-refractivity contribution in [2.45, 2.75) is 99.9 Å². The summed E-state index contributed by atoms with van der Waals surface area (Å²) >= 11 is 0. The highest BCUT2D eigenvalue weighted by atomic mass is 31.2. The van der Waals surface area contributed by atoms with Crippen molar-refractivity contribution in [3.63, 3.8) is 0 Å². The van der Waals surface area contributed by atoms with E-state index in [1.807, 2.05) is 13.8 Å². The van der Waals surface area contributed by atoms with Crippen LogP contribution in [0, 0.1) is 41.5 Å². The first kappa shape index (κ1) is 40.2. The molecule has 3 rings (SSSR count). The van der Waals surface area contributed by atoms with Crippen molar-refractivity contribution in [1.82, 2.24) is 0 Å². The predicted octanol–water partition coefficient (Wildman–Crippen LogP) is 4.98. The molecular formula is C36H45O13P. The maximum atomic E-state index is 15.0. The van der Waals surface area contributed by atoms with Crippen LogP contribution in [0.5, 0.6) is 0 Å². The second-order valence-corrected chi connectivity index (χ2v) is 15.3. The lowest BCUT2D eigenvalue weighted by molar-refractivity contribution is -0.307. The second kappa shape index (κ2) is 16.7. The van der Waals surface area contributed by atoms with Gasteiger partial charge in [-0.3, -0.25) is 28.8 Å². The van der Waals surface area contributed by atoms with Gasteiger partial charge in [0.2, 0.25) is 18.2 Å². The maximum absolute atomic E-state index is 15.0. The van der Waals surface area contributed by atoms with Gasteiger partial charge in [0, 0.05) is 45.0 Å². The zero-order valence-electron chi connectivity index (χ0n) is 30.1. The van der Waals surface area contributed by atoms with Crippen molar-refractivity contribution in [3.05, 3.63) is 68.8 Å². The van der Waals surface area contributed by atoms with Crippen LogP contribution in [-0.4, -0.2) is 85.0 Å². The van der Waals surface area contributed by atoms with Crippen LogP contribution in [0.2, 0.25) is 0 Å². The summed E-state index contributed by atoms with van der Waals surface area (Å²) in [6.45, 7) is 13.9. The number of ether oxygens (including phenoxy) is 6. The average molecular weight is 717 g/mol. The molecule has 1 aliphatic heterocycles. The first-order chi connectivity index (χ1) is 23.3. The minimum absolute atomic E-state index is 0.169. The van der Waals surface area contributed by atoms with Gasteiger partial charge in [0.25, 0.3) is 0 Å². The smallest absolute Gasteiger partial charge is 0.303 e. The van der Waals surface area contributed by atoms with Gasteiger partial charge in [0.15, 0.2) is 24.6 Å². The first-order valence-corrected chi connectivity index (χ1v) is 17.9. The molecule has 50 heavy (non-hydrogen) atoms. The summed E-state index contributed by atoms with van der Waals surface area (Å²) in [5.41, 5.74) is 2.66. The minimum atomic E-state index is -4.50. The molecule has 14 heteroatoms. The van der Waals surface area contributed by atoms with Crippen LogP contribution in [0.15, 0.2) is 24.3 Å². The number of carbonyl (C=O) groups excluding carboxylic acids is 6. The van der Waals surface area contributed by atoms with Gasteiger partial charge in [-0.2, -0.15) is 0 Å². The SMILES string of the molecule is CC(=O)OC[C@H]1O[C@H](OCCP(=O)(C(=O)c2c(C)cc(C)cc2C)C(=O)c2c(C)cc(C)cc2C)[C@H](OC(C)=O)[C@@H](OC(C)=O)[C@@H]1OC(C)=O. The standard InChI is InChI=1S/C36H45O13P/c1-18-13-20(3)29(21(4)14-18)34(41)50(43,35(42)30-22(5)15-19(2)16-23(30)6)12-11-44-36-33(48-27(10)40)32(47-26(9)39)31(46-25(8)38)28(49-36)17-45-24(7)37/h13-16,28,31-33,36H,11-12,17H2,1-10H3/t28-,31-,32+,33-,36+/m1/s1. The monoisotopic (exact) mass is 716 g/mol. The van der Waals surface area contributed by atoms with E-state index < -0.39 is 92.1 Å². The fourth-order valence-electron chi connectivity index (χ4n) is 6.31. The molecule has 0 bridgehead atoms. The largest absolute Gasteiger partial charge is 0.463 e. The summed E-state index contributed by atoms with van der Waals surface area (Å²) in [5, 5.41) is 0. The zero-order chi connectivity index (χ0) is 37.7. The van der Waals surface area contributed by atoms with Gasteiger partial charge >= 0.3 is 23.9 Å². The molecular weight excluding hydrogens is 671 g/mol. The molecule has 0 spiro atoms. The Kier molecular flexibility index (Phi) is 13.4. The number of aryl methyl sites for hydroxylation is 6. The molecule has 5 atom stereocenters. The summed E-state index contributed by atoms with van der Waals surface area (Å²) in [6, 6.07) is 7.08. The van der Waals surface area contributed by atoms with E-state index in [4.69, 9.17) is 28.4 Å². The van der Waals surface area contributed by atoms with Crippen LogP contribution < -0.4 is 0 Å². The molecule has 0 amide bonds. The van der Waals surface area contributed by atoms with Crippen LogP contribution in [-0.2, 0) is 52.2 Å². The van der Waals surface area contributed by atoms with E-state index in [0.29, 0.717) is 22.3 Å². The van der Waals surface area contributed by atoms with E-state index in [9.17, 15) is 28.8 Å². The second-order valence-electron chi connectivity index (χ2n) is 12.6. The lowest BCUT2D eigenvalue weighted by atomic mass is 9.98. The molecule has 0 aromatic heterocycles. The minimum Gasteiger partial charge on any atom is -0.463 e. The van der Waals surface area contributed by atoms with Crippen molar-refractivity contribution in [2.24, 2.45) is 0 Å². The summed E-state index contributed by atoms with van der Waals surface area (Å²) in [7, 11) is -4.50. The summed E-state index contributed by atoms with van der Waals surface area (Å²) < 4.78 is 48.3. The van der Waals surface area contributed by atoms with Crippen LogP contribution in [0.3, 0.4) is 0 Å². The molecule has 1 heterocycles. The normalized spacial score (nSPS) is 20.4. The van der Waals surface area contributed by atoms with Gasteiger partial charge in [0.05, 0.1) is 6.61 Å². The summed E-state index contributed by atoms with van der Waals surface area (Å²) in [5.74, 6) is -3.16. The van der Waals surface area contributed by atoms with E-state index in [1.54, 1.807) is 52.0 Å². The average Bonchev–Trinajstić information content (AvgIpc) is 2.97. The Morgan fingerprint density at radius 2 is 1.02 bits per heavy atom. The van der Waals surface area contributed by atoms with E-state index in [2.05, 4.69) is 0 Å². The quantitative estimate of drug-likeness (QED) is 0.154. The van der Waals surface area contributed by atoms with Gasteiger partial charge in [-0.15, -0.1) is 0 Å². The van der Waals surface area contributed by atoms with Crippen LogP contribution in [0.4, 0.5) is 0 Å². The predicted molar refractivity (Wildman–Crippen MR) is 180 cm³/mol. The lowest BCUT2D eigenvalue weighted by Gasteiger charge is -2.44. The van der Waals surface area contributed by atoms with Gasteiger partial charge in [-0.25, -0.2) is 0 Å². The Bertz CT molecular complexity index is 1610. The van der Waals surface area contributed by atoms with Crippen molar-refractivity contribution < 1.29 is 61.8 Å². The Morgan fingerprint density at radius 3 is 1.42 bits per heavy atom. The van der Waals surface area contributed by atoms with E-state index in [-0.39, 0.29) is 11.1 Å². The highest BCUT2D eigenvalue weighted by Crippen LogP contribution is 2.53. The van der Waals surface area contributed by atoms with Gasteiger partial charge in [-0.1, -0.05) is 35.4 Å². The molecule has 0 saturated carbocycles. The van der Waals surface area contributed by atoms with E-state index in [0.717, 1.165) is 38.8 Å². The third-order valence-electron chi connectivity index (χ3n) is 8.07. The number of benzene rings is 2. The Hall–Kier alpha value is -4.19. The molecule has 13 nitrogen and oxygen atoms in total. The Morgan fingerprint density at radius 1 is 0.620 bits per heavy atom. The maximum Gasteiger partial charge on any atom is 0.303 e. The molecule has 1 saturated heterocycles. The van der Waals surface area contributed by atoms with Crippen molar-refractivity contribution in [1.29, 1.82) is 0 Å².